The Morgan fingerprint density at radius 3 is 2.50 bits per heavy atom. The Morgan fingerprint density at radius 2 is 1.75 bits per heavy atom. The van der Waals surface area contributed by atoms with Crippen molar-refractivity contribution in [2.45, 2.75) is 0 Å². The van der Waals surface area contributed by atoms with Crippen molar-refractivity contribution >= 4 is 28.3 Å². The summed E-state index contributed by atoms with van der Waals surface area (Å²) in [6.07, 6.45) is 2.99. The second-order valence-electron chi connectivity index (χ2n) is 6.07. The summed E-state index contributed by atoms with van der Waals surface area (Å²) in [5.41, 5.74) is 1.77. The maximum atomic E-state index is 12.1. The van der Waals surface area contributed by atoms with E-state index in [1.807, 2.05) is 42.5 Å². The molecule has 4 rings (SSSR count). The van der Waals surface area contributed by atoms with Crippen molar-refractivity contribution in [3.63, 3.8) is 0 Å². The zero-order chi connectivity index (χ0) is 19.3. The van der Waals surface area contributed by atoms with Crippen LogP contribution in [0.2, 0.25) is 0 Å². The molecule has 0 spiro atoms. The van der Waals surface area contributed by atoms with E-state index in [2.05, 4.69) is 15.4 Å². The van der Waals surface area contributed by atoms with Crippen LogP contribution in [-0.4, -0.2) is 33.2 Å². The molecular weight excluding hydrogens is 356 g/mol. The lowest BCUT2D eigenvalue weighted by atomic mass is 10.1. The van der Waals surface area contributed by atoms with Crippen molar-refractivity contribution in [1.29, 1.82) is 0 Å². The maximum Gasteiger partial charge on any atom is 0.338 e. The lowest BCUT2D eigenvalue weighted by Crippen LogP contribution is -2.20. The summed E-state index contributed by atoms with van der Waals surface area (Å²) in [5, 5.41) is 8.85. The van der Waals surface area contributed by atoms with Gasteiger partial charge in [-0.2, -0.15) is 5.10 Å². The third-order valence-electron chi connectivity index (χ3n) is 4.15. The van der Waals surface area contributed by atoms with Crippen LogP contribution < -0.4 is 5.32 Å². The molecular formula is C21H16N4O3. The number of benzene rings is 3. The van der Waals surface area contributed by atoms with Gasteiger partial charge in [-0.15, -0.1) is 0 Å². The third kappa shape index (κ3) is 3.88. The van der Waals surface area contributed by atoms with E-state index in [1.54, 1.807) is 35.3 Å². The Bertz CT molecular complexity index is 1120. The molecule has 28 heavy (non-hydrogen) atoms. The van der Waals surface area contributed by atoms with Crippen molar-refractivity contribution in [2.75, 3.05) is 11.9 Å². The summed E-state index contributed by atoms with van der Waals surface area (Å²) in [5.74, 6) is -0.971. The molecule has 0 fully saturated rings. The molecule has 0 saturated carbocycles. The molecule has 4 aromatic rings. The average molecular weight is 372 g/mol. The smallest absolute Gasteiger partial charge is 0.338 e. The minimum absolute atomic E-state index is 0.349. The van der Waals surface area contributed by atoms with E-state index in [9.17, 15) is 9.59 Å². The first-order chi connectivity index (χ1) is 13.7. The second-order valence-corrected chi connectivity index (χ2v) is 6.07. The van der Waals surface area contributed by atoms with Crippen molar-refractivity contribution in [3.8, 4) is 5.69 Å². The van der Waals surface area contributed by atoms with Gasteiger partial charge in [-0.05, 0) is 47.2 Å². The normalized spacial score (nSPS) is 10.6. The van der Waals surface area contributed by atoms with Crippen LogP contribution in [-0.2, 0) is 9.53 Å². The van der Waals surface area contributed by atoms with E-state index >= 15 is 0 Å². The minimum Gasteiger partial charge on any atom is -0.452 e. The number of hydrogen-bond acceptors (Lipinski definition) is 5. The van der Waals surface area contributed by atoms with Crippen LogP contribution in [0.1, 0.15) is 10.4 Å². The first-order valence-corrected chi connectivity index (χ1v) is 8.60. The minimum atomic E-state index is -0.571. The fraction of sp³-hybridized carbons (Fsp3) is 0.0476. The quantitative estimate of drug-likeness (QED) is 0.544. The van der Waals surface area contributed by atoms with Crippen molar-refractivity contribution < 1.29 is 14.3 Å². The molecule has 7 heteroatoms. The zero-order valence-electron chi connectivity index (χ0n) is 14.8. The fourth-order valence-corrected chi connectivity index (χ4v) is 2.77. The molecule has 0 aliphatic carbocycles. The first-order valence-electron chi connectivity index (χ1n) is 8.60. The van der Waals surface area contributed by atoms with Crippen molar-refractivity contribution in [3.05, 3.63) is 84.9 Å². The molecule has 0 saturated heterocycles. The van der Waals surface area contributed by atoms with Crippen LogP contribution in [0.3, 0.4) is 0 Å². The first kappa shape index (κ1) is 17.4. The number of nitrogens with zero attached hydrogens (tertiary/aromatic N) is 3. The molecule has 0 bridgehead atoms. The molecule has 138 valence electrons. The molecule has 1 N–H and O–H groups in total. The number of esters is 1. The Hall–Kier alpha value is -4.00. The van der Waals surface area contributed by atoms with Gasteiger partial charge in [0.2, 0.25) is 0 Å². The molecule has 1 heterocycles. The summed E-state index contributed by atoms with van der Waals surface area (Å²) in [7, 11) is 0. The Morgan fingerprint density at radius 1 is 0.964 bits per heavy atom. The molecule has 0 unspecified atom stereocenters. The summed E-state index contributed by atoms with van der Waals surface area (Å²) in [6.45, 7) is -0.365. The standard InChI is InChI=1S/C21H16N4O3/c26-20(24-18-8-5-15-3-1-2-4-17(15)11-18)12-28-21(27)16-6-9-19(10-7-16)25-14-22-13-23-25/h1-11,13-14H,12H2,(H,24,26). The van der Waals surface area contributed by atoms with Gasteiger partial charge in [0, 0.05) is 5.69 Å². The lowest BCUT2D eigenvalue weighted by molar-refractivity contribution is -0.119. The highest BCUT2D eigenvalue weighted by molar-refractivity contribution is 5.97. The highest BCUT2D eigenvalue weighted by Gasteiger charge is 2.11. The largest absolute Gasteiger partial charge is 0.452 e. The predicted octanol–water partition coefficient (Wildman–Crippen LogP) is 3.22. The number of fused-ring (bicyclic) bond motifs is 1. The van der Waals surface area contributed by atoms with Crippen molar-refractivity contribution in [2.24, 2.45) is 0 Å². The van der Waals surface area contributed by atoms with Crippen LogP contribution >= 0.6 is 0 Å². The predicted molar refractivity (Wildman–Crippen MR) is 104 cm³/mol. The Labute approximate surface area is 160 Å². The van der Waals surface area contributed by atoms with E-state index in [-0.39, 0.29) is 6.61 Å². The number of hydrogen-bond donors (Lipinski definition) is 1. The molecule has 7 nitrogen and oxygen atoms in total. The zero-order valence-corrected chi connectivity index (χ0v) is 14.8. The van der Waals surface area contributed by atoms with Gasteiger partial charge in [0.05, 0.1) is 11.3 Å². The topological polar surface area (TPSA) is 86.1 Å². The molecule has 1 aromatic heterocycles. The van der Waals surface area contributed by atoms with Crippen LogP contribution in [0.5, 0.6) is 0 Å². The SMILES string of the molecule is O=C(COC(=O)c1ccc(-n2cncn2)cc1)Nc1ccc2ccccc2c1. The maximum absolute atomic E-state index is 12.1. The summed E-state index contributed by atoms with van der Waals surface area (Å²) in [6, 6.07) is 20.1. The number of aromatic nitrogens is 3. The highest BCUT2D eigenvalue weighted by atomic mass is 16.5. The Balaban J connectivity index is 1.34. The monoisotopic (exact) mass is 372 g/mol. The van der Waals surface area contributed by atoms with Gasteiger partial charge in [0.15, 0.2) is 6.61 Å². The van der Waals surface area contributed by atoms with Crippen LogP contribution in [0.25, 0.3) is 16.5 Å². The highest BCUT2D eigenvalue weighted by Crippen LogP contribution is 2.18. The fourth-order valence-electron chi connectivity index (χ4n) is 2.77. The molecule has 0 aliphatic heterocycles. The van der Waals surface area contributed by atoms with Gasteiger partial charge in [0.25, 0.3) is 5.91 Å². The van der Waals surface area contributed by atoms with E-state index in [1.165, 1.54) is 6.33 Å². The second kappa shape index (κ2) is 7.71. The number of ether oxygens (including phenoxy) is 1. The number of rotatable bonds is 5. The van der Waals surface area contributed by atoms with Crippen LogP contribution in [0, 0.1) is 0 Å². The number of nitrogens with one attached hydrogen (secondary N) is 1. The number of carbonyl (C=O) groups excluding carboxylic acids is 2. The summed E-state index contributed by atoms with van der Waals surface area (Å²) in [4.78, 5) is 28.1. The van der Waals surface area contributed by atoms with E-state index in [4.69, 9.17) is 4.74 Å². The van der Waals surface area contributed by atoms with Gasteiger partial charge in [-0.3, -0.25) is 4.79 Å². The van der Waals surface area contributed by atoms with Crippen LogP contribution in [0.15, 0.2) is 79.4 Å². The molecule has 0 atom stereocenters. The number of anilines is 1. The van der Waals surface area contributed by atoms with Gasteiger partial charge < -0.3 is 10.1 Å². The van der Waals surface area contributed by atoms with Gasteiger partial charge in [-0.1, -0.05) is 30.3 Å². The van der Waals surface area contributed by atoms with Gasteiger partial charge in [0.1, 0.15) is 12.7 Å². The molecule has 3 aromatic carbocycles. The molecule has 0 radical (unpaired) electrons. The van der Waals surface area contributed by atoms with E-state index < -0.39 is 11.9 Å². The lowest BCUT2D eigenvalue weighted by Gasteiger charge is -2.08. The number of carbonyl (C=O) groups is 2. The van der Waals surface area contributed by atoms with E-state index in [0.717, 1.165) is 16.5 Å². The Kier molecular flexibility index (Phi) is 4.79. The third-order valence-corrected chi connectivity index (χ3v) is 4.15. The van der Waals surface area contributed by atoms with E-state index in [0.29, 0.717) is 11.3 Å². The van der Waals surface area contributed by atoms with Crippen LogP contribution in [0.4, 0.5) is 5.69 Å². The van der Waals surface area contributed by atoms with Gasteiger partial charge >= 0.3 is 5.97 Å². The molecule has 1 amide bonds. The summed E-state index contributed by atoms with van der Waals surface area (Å²) >= 11 is 0. The van der Waals surface area contributed by atoms with Crippen molar-refractivity contribution in [1.82, 2.24) is 14.8 Å². The summed E-state index contributed by atoms with van der Waals surface area (Å²) < 4.78 is 6.67. The van der Waals surface area contributed by atoms with Gasteiger partial charge in [-0.25, -0.2) is 14.5 Å². The molecule has 0 aliphatic rings. The average Bonchev–Trinajstić information content (AvgIpc) is 3.27. The number of amides is 1.